The van der Waals surface area contributed by atoms with E-state index < -0.39 is 58.6 Å². The van der Waals surface area contributed by atoms with Crippen molar-refractivity contribution in [3.8, 4) is 0 Å². The summed E-state index contributed by atoms with van der Waals surface area (Å²) in [5.41, 5.74) is 4.34. The third kappa shape index (κ3) is 8.82. The van der Waals surface area contributed by atoms with Crippen LogP contribution in [0.5, 0.6) is 0 Å². The number of hydrogen-bond acceptors (Lipinski definition) is 6. The van der Waals surface area contributed by atoms with Crippen molar-refractivity contribution in [1.29, 1.82) is 0 Å². The monoisotopic (exact) mass is 624 g/mol. The van der Waals surface area contributed by atoms with Crippen molar-refractivity contribution in [1.82, 2.24) is 26.2 Å². The Kier molecular flexibility index (Phi) is 10.9. The summed E-state index contributed by atoms with van der Waals surface area (Å²) in [7, 11) is 0. The molecule has 3 aliphatic rings. The summed E-state index contributed by atoms with van der Waals surface area (Å²) >= 11 is 0. The second-order valence-corrected chi connectivity index (χ2v) is 13.9. The summed E-state index contributed by atoms with van der Waals surface area (Å²) in [6.07, 6.45) is 6.61. The third-order valence-electron chi connectivity index (χ3n) is 9.16. The lowest BCUT2D eigenvalue weighted by atomic mass is 9.80. The van der Waals surface area contributed by atoms with Crippen molar-refractivity contribution < 1.29 is 28.8 Å². The zero-order valence-electron chi connectivity index (χ0n) is 26.7. The number of amides is 6. The van der Waals surface area contributed by atoms with Crippen LogP contribution in [0.2, 0.25) is 0 Å². The number of urea groups is 1. The molecule has 12 heteroatoms. The van der Waals surface area contributed by atoms with Crippen LogP contribution in [0.25, 0.3) is 0 Å². The van der Waals surface area contributed by atoms with E-state index in [1.54, 1.807) is 0 Å². The van der Waals surface area contributed by atoms with Crippen molar-refractivity contribution in [2.45, 2.75) is 115 Å². The zero-order valence-corrected chi connectivity index (χ0v) is 26.7. The van der Waals surface area contributed by atoms with Gasteiger partial charge in [0.05, 0.1) is 6.04 Å². The number of nitrogens with two attached hydrogens (primary N) is 1. The van der Waals surface area contributed by atoms with Gasteiger partial charge in [0.2, 0.25) is 23.5 Å². The van der Waals surface area contributed by atoms with E-state index >= 15 is 0 Å². The summed E-state index contributed by atoms with van der Waals surface area (Å²) < 4.78 is 0. The minimum Gasteiger partial charge on any atom is -0.363 e. The molecular weight excluding hydrogens is 576 g/mol. The van der Waals surface area contributed by atoms with Gasteiger partial charge in [0.1, 0.15) is 17.6 Å². The van der Waals surface area contributed by atoms with E-state index in [-0.39, 0.29) is 11.8 Å². The van der Waals surface area contributed by atoms with Gasteiger partial charge in [-0.05, 0) is 49.0 Å². The SMILES string of the molecule is CC(C)(C)C(NC(=O)NC1(C(=O)NCc2ccccc2)CCCCC1)C(=O)N1CCCC1C(=O)NC(CC1CC1)C(=O)C(N)=O. The van der Waals surface area contributed by atoms with E-state index in [0.717, 1.165) is 37.7 Å². The number of primary amides is 1. The highest BCUT2D eigenvalue weighted by atomic mass is 16.2. The topological polar surface area (TPSA) is 180 Å². The Balaban J connectivity index is 1.44. The Hall–Kier alpha value is -3.96. The molecule has 246 valence electrons. The molecular formula is C33H48N6O6. The Morgan fingerprint density at radius 3 is 2.20 bits per heavy atom. The van der Waals surface area contributed by atoms with Crippen LogP contribution >= 0.6 is 0 Å². The first-order valence-electron chi connectivity index (χ1n) is 16.2. The van der Waals surface area contributed by atoms with Crippen molar-refractivity contribution in [3.05, 3.63) is 35.9 Å². The molecule has 1 saturated heterocycles. The van der Waals surface area contributed by atoms with Crippen LogP contribution in [0.4, 0.5) is 4.79 Å². The van der Waals surface area contributed by atoms with E-state index in [4.69, 9.17) is 5.73 Å². The summed E-state index contributed by atoms with van der Waals surface area (Å²) in [4.78, 5) is 79.9. The molecule has 1 heterocycles. The summed E-state index contributed by atoms with van der Waals surface area (Å²) in [6, 6.07) is 6.02. The predicted molar refractivity (Wildman–Crippen MR) is 167 cm³/mol. The average Bonchev–Trinajstić information content (AvgIpc) is 3.68. The van der Waals surface area contributed by atoms with Crippen LogP contribution in [0.1, 0.15) is 90.5 Å². The van der Waals surface area contributed by atoms with Crippen LogP contribution in [0, 0.1) is 11.3 Å². The van der Waals surface area contributed by atoms with Gasteiger partial charge < -0.3 is 31.9 Å². The number of ketones is 1. The number of Topliss-reactive ketones (excluding diaryl/α,β-unsaturated/α-hetero) is 1. The van der Waals surface area contributed by atoms with E-state index in [9.17, 15) is 28.8 Å². The Morgan fingerprint density at radius 1 is 0.933 bits per heavy atom. The maximum absolute atomic E-state index is 14.0. The van der Waals surface area contributed by atoms with Crippen LogP contribution in [0.15, 0.2) is 30.3 Å². The fourth-order valence-corrected chi connectivity index (χ4v) is 6.37. The van der Waals surface area contributed by atoms with E-state index in [1.165, 1.54) is 4.90 Å². The Labute approximate surface area is 265 Å². The van der Waals surface area contributed by atoms with Gasteiger partial charge in [0.25, 0.3) is 5.91 Å². The number of benzene rings is 1. The predicted octanol–water partition coefficient (Wildman–Crippen LogP) is 2.05. The second kappa shape index (κ2) is 14.4. The molecule has 3 unspecified atom stereocenters. The third-order valence-corrected chi connectivity index (χ3v) is 9.16. The molecule has 6 N–H and O–H groups in total. The molecule has 0 bridgehead atoms. The first-order valence-corrected chi connectivity index (χ1v) is 16.2. The summed E-state index contributed by atoms with van der Waals surface area (Å²) in [5, 5.41) is 11.4. The van der Waals surface area contributed by atoms with Gasteiger partial charge in [0.15, 0.2) is 0 Å². The smallest absolute Gasteiger partial charge is 0.316 e. The number of carbonyl (C=O) groups excluding carboxylic acids is 6. The molecule has 1 aromatic rings. The number of nitrogens with one attached hydrogen (secondary N) is 4. The minimum atomic E-state index is -1.11. The van der Waals surface area contributed by atoms with Crippen molar-refractivity contribution in [2.24, 2.45) is 17.1 Å². The fourth-order valence-electron chi connectivity index (χ4n) is 6.37. The molecule has 0 aromatic heterocycles. The largest absolute Gasteiger partial charge is 0.363 e. The van der Waals surface area contributed by atoms with Gasteiger partial charge in [0, 0.05) is 13.1 Å². The average molecular weight is 625 g/mol. The van der Waals surface area contributed by atoms with Crippen molar-refractivity contribution >= 4 is 35.4 Å². The Morgan fingerprint density at radius 2 is 1.60 bits per heavy atom. The first-order chi connectivity index (χ1) is 21.3. The maximum atomic E-state index is 14.0. The fraction of sp³-hybridized carbons (Fsp3) is 0.636. The van der Waals surface area contributed by atoms with Crippen LogP contribution < -0.4 is 27.0 Å². The molecule has 45 heavy (non-hydrogen) atoms. The van der Waals surface area contributed by atoms with Gasteiger partial charge >= 0.3 is 6.03 Å². The van der Waals surface area contributed by atoms with Gasteiger partial charge in [-0.25, -0.2) is 4.79 Å². The standard InChI is InChI=1S/C33H48N6O6/c1-32(2,3)26(29(43)39-18-10-13-24(39)28(42)36-23(19-21-14-15-21)25(40)27(34)41)37-31(45)38-33(16-8-5-9-17-33)30(44)35-20-22-11-6-4-7-12-22/h4,6-7,11-12,21,23-24,26H,5,8-10,13-20H2,1-3H3,(H2,34,41)(H,35,44)(H,36,42)(H2,37,38,45). The Bertz CT molecular complexity index is 1270. The number of rotatable bonds is 12. The molecule has 2 saturated carbocycles. The van der Waals surface area contributed by atoms with E-state index in [0.29, 0.717) is 45.2 Å². The van der Waals surface area contributed by atoms with Crippen molar-refractivity contribution in [2.75, 3.05) is 6.54 Å². The number of nitrogens with zero attached hydrogens (tertiary/aromatic N) is 1. The van der Waals surface area contributed by atoms with Gasteiger partial charge in [-0.2, -0.15) is 0 Å². The van der Waals surface area contributed by atoms with E-state index in [1.807, 2.05) is 51.1 Å². The highest BCUT2D eigenvalue weighted by molar-refractivity contribution is 6.37. The molecule has 0 radical (unpaired) electrons. The highest BCUT2D eigenvalue weighted by Crippen LogP contribution is 2.34. The molecule has 0 spiro atoms. The lowest BCUT2D eigenvalue weighted by Crippen LogP contribution is -2.65. The van der Waals surface area contributed by atoms with Crippen molar-refractivity contribution in [3.63, 3.8) is 0 Å². The molecule has 1 aliphatic heterocycles. The second-order valence-electron chi connectivity index (χ2n) is 13.9. The van der Waals surface area contributed by atoms with Crippen LogP contribution in [0.3, 0.4) is 0 Å². The van der Waals surface area contributed by atoms with Crippen LogP contribution in [-0.2, 0) is 30.5 Å². The zero-order chi connectivity index (χ0) is 32.8. The van der Waals surface area contributed by atoms with Gasteiger partial charge in [-0.15, -0.1) is 0 Å². The lowest BCUT2D eigenvalue weighted by molar-refractivity contribution is -0.143. The molecule has 2 aliphatic carbocycles. The number of carbonyl (C=O) groups is 6. The molecule has 3 fully saturated rings. The summed E-state index contributed by atoms with van der Waals surface area (Å²) in [6.45, 7) is 6.10. The molecule has 3 atom stereocenters. The highest BCUT2D eigenvalue weighted by Gasteiger charge is 2.45. The normalized spacial score (nSPS) is 20.8. The summed E-state index contributed by atoms with van der Waals surface area (Å²) in [5.74, 6) is -2.91. The molecule has 6 amide bonds. The minimum absolute atomic E-state index is 0.251. The van der Waals surface area contributed by atoms with E-state index in [2.05, 4.69) is 21.3 Å². The van der Waals surface area contributed by atoms with Gasteiger partial charge in [-0.3, -0.25) is 24.0 Å². The lowest BCUT2D eigenvalue weighted by Gasteiger charge is -2.39. The maximum Gasteiger partial charge on any atom is 0.316 e. The molecule has 1 aromatic carbocycles. The number of likely N-dealkylation sites (tertiary alicyclic amines) is 1. The van der Waals surface area contributed by atoms with Crippen LogP contribution in [-0.4, -0.2) is 70.6 Å². The molecule has 4 rings (SSSR count). The quantitative estimate of drug-likeness (QED) is 0.222. The van der Waals surface area contributed by atoms with Gasteiger partial charge in [-0.1, -0.05) is 83.2 Å². The first kappa shape index (κ1) is 33.9. The molecule has 12 nitrogen and oxygen atoms in total. The number of hydrogen-bond donors (Lipinski definition) is 5.